The molecule has 0 aliphatic carbocycles. The number of carbonyl (C=O) groups is 3. The summed E-state index contributed by atoms with van der Waals surface area (Å²) in [7, 11) is 0. The molecule has 8 nitrogen and oxygen atoms in total. The number of anilines is 2. The number of esters is 1. The first-order chi connectivity index (χ1) is 12.1. The molecule has 0 saturated carbocycles. The second kappa shape index (κ2) is 7.98. The standard InChI is InChI=1S/C17H21N3O5/c21-15-6-5-14(19-15)17(23)25-11-16(22)18-12-1-3-13(4-2-12)20-7-9-24-10-8-20/h1-4,14H,5-11H2,(H,18,22)(H,19,21)/t14-/m0/s1. The lowest BCUT2D eigenvalue weighted by Gasteiger charge is -2.28. The largest absolute Gasteiger partial charge is 0.454 e. The van der Waals surface area contributed by atoms with Crippen LogP contribution in [0.3, 0.4) is 0 Å². The number of morpholine rings is 1. The maximum absolute atomic E-state index is 11.9. The number of rotatable bonds is 5. The SMILES string of the molecule is O=C(COC(=O)[C@@H]1CCC(=O)N1)Nc1ccc(N2CCOCC2)cc1. The van der Waals surface area contributed by atoms with Gasteiger partial charge in [0.1, 0.15) is 6.04 Å². The number of carbonyl (C=O) groups excluding carboxylic acids is 3. The Morgan fingerprint density at radius 1 is 1.24 bits per heavy atom. The highest BCUT2D eigenvalue weighted by atomic mass is 16.5. The van der Waals surface area contributed by atoms with Gasteiger partial charge in [0.05, 0.1) is 13.2 Å². The average molecular weight is 347 g/mol. The summed E-state index contributed by atoms with van der Waals surface area (Å²) in [5, 5.41) is 5.19. The first kappa shape index (κ1) is 17.2. The Kier molecular flexibility index (Phi) is 5.49. The summed E-state index contributed by atoms with van der Waals surface area (Å²) >= 11 is 0. The zero-order valence-electron chi connectivity index (χ0n) is 13.8. The zero-order chi connectivity index (χ0) is 17.6. The highest BCUT2D eigenvalue weighted by molar-refractivity contribution is 5.94. The molecule has 1 aromatic rings. The summed E-state index contributed by atoms with van der Waals surface area (Å²) in [5.74, 6) is -1.17. The molecule has 2 aliphatic heterocycles. The van der Waals surface area contributed by atoms with E-state index in [2.05, 4.69) is 15.5 Å². The van der Waals surface area contributed by atoms with Crippen LogP contribution in [-0.2, 0) is 23.9 Å². The van der Waals surface area contributed by atoms with Gasteiger partial charge in [0, 0.05) is 30.9 Å². The molecule has 2 N–H and O–H groups in total. The molecule has 1 aromatic carbocycles. The van der Waals surface area contributed by atoms with Crippen molar-refractivity contribution < 1.29 is 23.9 Å². The Hall–Kier alpha value is -2.61. The van der Waals surface area contributed by atoms with Crippen LogP contribution < -0.4 is 15.5 Å². The smallest absolute Gasteiger partial charge is 0.329 e. The number of nitrogens with zero attached hydrogens (tertiary/aromatic N) is 1. The van der Waals surface area contributed by atoms with E-state index in [1.165, 1.54) is 0 Å². The Morgan fingerprint density at radius 3 is 2.60 bits per heavy atom. The molecule has 0 radical (unpaired) electrons. The van der Waals surface area contributed by atoms with Crippen LogP contribution in [0.2, 0.25) is 0 Å². The van der Waals surface area contributed by atoms with Crippen LogP contribution in [0.4, 0.5) is 11.4 Å². The van der Waals surface area contributed by atoms with Gasteiger partial charge in [-0.15, -0.1) is 0 Å². The molecule has 2 amide bonds. The van der Waals surface area contributed by atoms with E-state index >= 15 is 0 Å². The van der Waals surface area contributed by atoms with Crippen molar-refractivity contribution in [2.24, 2.45) is 0 Å². The van der Waals surface area contributed by atoms with Crippen molar-refractivity contribution in [3.8, 4) is 0 Å². The Bertz CT molecular complexity index is 640. The molecule has 0 bridgehead atoms. The number of hydrogen-bond donors (Lipinski definition) is 2. The summed E-state index contributed by atoms with van der Waals surface area (Å²) < 4.78 is 10.3. The van der Waals surface area contributed by atoms with Gasteiger partial charge in [-0.2, -0.15) is 0 Å². The van der Waals surface area contributed by atoms with Crippen molar-refractivity contribution in [2.75, 3.05) is 43.1 Å². The van der Waals surface area contributed by atoms with E-state index < -0.39 is 17.9 Å². The lowest BCUT2D eigenvalue weighted by atomic mass is 10.2. The fourth-order valence-corrected chi connectivity index (χ4v) is 2.80. The maximum Gasteiger partial charge on any atom is 0.329 e. The number of hydrogen-bond acceptors (Lipinski definition) is 6. The van der Waals surface area contributed by atoms with Gasteiger partial charge in [-0.25, -0.2) is 4.79 Å². The molecule has 1 atom stereocenters. The molecular formula is C17H21N3O5. The molecule has 0 unspecified atom stereocenters. The van der Waals surface area contributed by atoms with E-state index in [9.17, 15) is 14.4 Å². The molecule has 2 heterocycles. The lowest BCUT2D eigenvalue weighted by Crippen LogP contribution is -2.36. The lowest BCUT2D eigenvalue weighted by molar-refractivity contribution is -0.149. The predicted molar refractivity (Wildman–Crippen MR) is 90.2 cm³/mol. The normalized spacial score (nSPS) is 20.1. The predicted octanol–water partition coefficient (Wildman–Crippen LogP) is 0.284. The van der Waals surface area contributed by atoms with E-state index in [4.69, 9.17) is 9.47 Å². The molecule has 0 spiro atoms. The van der Waals surface area contributed by atoms with Gasteiger partial charge >= 0.3 is 5.97 Å². The molecule has 8 heteroatoms. The topological polar surface area (TPSA) is 97.0 Å². The number of ether oxygens (including phenoxy) is 2. The van der Waals surface area contributed by atoms with Crippen LogP contribution >= 0.6 is 0 Å². The fraction of sp³-hybridized carbons (Fsp3) is 0.471. The fourth-order valence-electron chi connectivity index (χ4n) is 2.80. The van der Waals surface area contributed by atoms with Crippen LogP contribution in [0.15, 0.2) is 24.3 Å². The Morgan fingerprint density at radius 2 is 1.96 bits per heavy atom. The van der Waals surface area contributed by atoms with Crippen molar-refractivity contribution in [1.29, 1.82) is 0 Å². The second-order valence-corrected chi connectivity index (χ2v) is 5.96. The second-order valence-electron chi connectivity index (χ2n) is 5.96. The van der Waals surface area contributed by atoms with E-state index in [0.29, 0.717) is 31.7 Å². The van der Waals surface area contributed by atoms with E-state index in [-0.39, 0.29) is 12.5 Å². The first-order valence-corrected chi connectivity index (χ1v) is 8.30. The molecule has 134 valence electrons. The molecule has 25 heavy (non-hydrogen) atoms. The molecular weight excluding hydrogens is 326 g/mol. The van der Waals surface area contributed by atoms with Crippen LogP contribution in [0, 0.1) is 0 Å². The van der Waals surface area contributed by atoms with Crippen LogP contribution in [0.1, 0.15) is 12.8 Å². The quantitative estimate of drug-likeness (QED) is 0.743. The van der Waals surface area contributed by atoms with Crippen LogP contribution in [-0.4, -0.2) is 56.7 Å². The monoisotopic (exact) mass is 347 g/mol. The van der Waals surface area contributed by atoms with Crippen molar-refractivity contribution in [2.45, 2.75) is 18.9 Å². The Balaban J connectivity index is 1.44. The summed E-state index contributed by atoms with van der Waals surface area (Å²) in [6.07, 6.45) is 0.712. The average Bonchev–Trinajstić information content (AvgIpc) is 3.08. The zero-order valence-corrected chi connectivity index (χ0v) is 13.8. The first-order valence-electron chi connectivity index (χ1n) is 8.30. The summed E-state index contributed by atoms with van der Waals surface area (Å²) in [5.41, 5.74) is 1.71. The molecule has 2 fully saturated rings. The van der Waals surface area contributed by atoms with Crippen molar-refractivity contribution in [3.63, 3.8) is 0 Å². The summed E-state index contributed by atoms with van der Waals surface area (Å²) in [6.45, 7) is 2.74. The van der Waals surface area contributed by atoms with Crippen LogP contribution in [0.25, 0.3) is 0 Å². The minimum absolute atomic E-state index is 0.174. The number of benzene rings is 1. The van der Waals surface area contributed by atoms with Gasteiger partial charge in [0.25, 0.3) is 5.91 Å². The maximum atomic E-state index is 11.9. The number of amides is 2. The minimum atomic E-state index is -0.645. The van der Waals surface area contributed by atoms with Crippen LogP contribution in [0.5, 0.6) is 0 Å². The van der Waals surface area contributed by atoms with Gasteiger partial charge < -0.3 is 25.0 Å². The summed E-state index contributed by atoms with van der Waals surface area (Å²) in [6, 6.07) is 6.83. The highest BCUT2D eigenvalue weighted by Gasteiger charge is 2.28. The van der Waals surface area contributed by atoms with Gasteiger partial charge in [-0.1, -0.05) is 0 Å². The van der Waals surface area contributed by atoms with E-state index in [1.807, 2.05) is 24.3 Å². The van der Waals surface area contributed by atoms with Gasteiger partial charge in [0.2, 0.25) is 5.91 Å². The third-order valence-electron chi connectivity index (χ3n) is 4.15. The minimum Gasteiger partial charge on any atom is -0.454 e. The van der Waals surface area contributed by atoms with Crippen molar-refractivity contribution in [3.05, 3.63) is 24.3 Å². The third kappa shape index (κ3) is 4.69. The molecule has 3 rings (SSSR count). The Labute approximate surface area is 145 Å². The van der Waals surface area contributed by atoms with Gasteiger partial charge in [0.15, 0.2) is 6.61 Å². The van der Waals surface area contributed by atoms with Crippen molar-refractivity contribution >= 4 is 29.2 Å². The van der Waals surface area contributed by atoms with E-state index in [0.717, 1.165) is 18.8 Å². The summed E-state index contributed by atoms with van der Waals surface area (Å²) in [4.78, 5) is 36.9. The van der Waals surface area contributed by atoms with Crippen molar-refractivity contribution in [1.82, 2.24) is 5.32 Å². The highest BCUT2D eigenvalue weighted by Crippen LogP contribution is 2.19. The molecule has 0 aromatic heterocycles. The van der Waals surface area contributed by atoms with Gasteiger partial charge in [-0.3, -0.25) is 9.59 Å². The third-order valence-corrected chi connectivity index (χ3v) is 4.15. The van der Waals surface area contributed by atoms with E-state index in [1.54, 1.807) is 0 Å². The molecule has 2 saturated heterocycles. The number of nitrogens with one attached hydrogen (secondary N) is 2. The van der Waals surface area contributed by atoms with Gasteiger partial charge in [-0.05, 0) is 30.7 Å². The molecule has 2 aliphatic rings.